The molecule has 0 rings (SSSR count). The van der Waals surface area contributed by atoms with Crippen LogP contribution in [0.25, 0.3) is 0 Å². The van der Waals surface area contributed by atoms with E-state index in [1.165, 1.54) is 32.1 Å². The summed E-state index contributed by atoms with van der Waals surface area (Å²) in [4.78, 5) is 0. The van der Waals surface area contributed by atoms with Crippen molar-refractivity contribution in [2.45, 2.75) is 58.3 Å². The molecule has 0 heterocycles. The largest absolute Gasteiger partial charge is 0.123 e. The van der Waals surface area contributed by atoms with Crippen molar-refractivity contribution in [3.63, 3.8) is 0 Å². The Morgan fingerprint density at radius 1 is 0.909 bits per heavy atom. The third kappa shape index (κ3) is 10.3. The predicted molar refractivity (Wildman–Crippen MR) is 53.2 cm³/mol. The lowest BCUT2D eigenvalue weighted by Crippen LogP contribution is -1.91. The molecule has 0 saturated carbocycles. The number of hydrogen-bond donors (Lipinski definition) is 0. The van der Waals surface area contributed by atoms with E-state index in [-0.39, 0.29) is 0 Å². The van der Waals surface area contributed by atoms with Crippen molar-refractivity contribution in [1.82, 2.24) is 0 Å². The van der Waals surface area contributed by atoms with Crippen LogP contribution in [0, 0.1) is 5.92 Å². The highest BCUT2D eigenvalue weighted by Crippen LogP contribution is 2.12. The van der Waals surface area contributed by atoms with Gasteiger partial charge in [0.1, 0.15) is 0 Å². The fraction of sp³-hybridized carbons (Fsp3) is 1.00. The predicted octanol–water partition coefficient (Wildman–Crippen LogP) is 4.22. The average molecular weight is 177 g/mol. The summed E-state index contributed by atoms with van der Waals surface area (Å²) in [5, 5.41) is 0.369. The van der Waals surface area contributed by atoms with E-state index in [1.54, 1.807) is 0 Å². The molecule has 1 heteroatoms. The van der Waals surface area contributed by atoms with Crippen LogP contribution in [0.3, 0.4) is 0 Å². The highest BCUT2D eigenvalue weighted by Gasteiger charge is 1.97. The van der Waals surface area contributed by atoms with Crippen molar-refractivity contribution in [3.05, 3.63) is 0 Å². The quantitative estimate of drug-likeness (QED) is 0.420. The third-order valence-electron chi connectivity index (χ3n) is 1.88. The summed E-state index contributed by atoms with van der Waals surface area (Å²) in [6.45, 7) is 6.64. The van der Waals surface area contributed by atoms with E-state index in [0.29, 0.717) is 5.38 Å². The minimum atomic E-state index is 0.369. The van der Waals surface area contributed by atoms with E-state index in [2.05, 4.69) is 20.8 Å². The van der Waals surface area contributed by atoms with E-state index in [4.69, 9.17) is 11.6 Å². The molecule has 0 bridgehead atoms. The van der Waals surface area contributed by atoms with Crippen molar-refractivity contribution in [2.24, 2.45) is 5.92 Å². The Hall–Kier alpha value is 0.290. The van der Waals surface area contributed by atoms with Crippen LogP contribution in [0.1, 0.15) is 52.9 Å². The first-order valence-corrected chi connectivity index (χ1v) is 5.20. The van der Waals surface area contributed by atoms with Crippen LogP contribution in [-0.2, 0) is 0 Å². The maximum absolute atomic E-state index is 5.82. The third-order valence-corrected chi connectivity index (χ3v) is 2.10. The fourth-order valence-corrected chi connectivity index (χ4v) is 1.31. The molecular formula is C10H21Cl. The molecule has 0 radical (unpaired) electrons. The molecule has 0 aliphatic carbocycles. The minimum absolute atomic E-state index is 0.369. The molecule has 0 aliphatic heterocycles. The smallest absolute Gasteiger partial charge is 0.0307 e. The van der Waals surface area contributed by atoms with E-state index < -0.39 is 0 Å². The summed E-state index contributed by atoms with van der Waals surface area (Å²) in [5.74, 6) is 0.864. The van der Waals surface area contributed by atoms with Gasteiger partial charge in [-0.2, -0.15) is 0 Å². The second-order valence-corrected chi connectivity index (χ2v) is 4.56. The van der Waals surface area contributed by atoms with Gasteiger partial charge in [0.15, 0.2) is 0 Å². The Labute approximate surface area is 76.3 Å². The summed E-state index contributed by atoms with van der Waals surface area (Å²) >= 11 is 5.82. The van der Waals surface area contributed by atoms with Crippen LogP contribution in [0.2, 0.25) is 0 Å². The molecule has 11 heavy (non-hydrogen) atoms. The minimum Gasteiger partial charge on any atom is -0.123 e. The molecule has 0 fully saturated rings. The maximum Gasteiger partial charge on any atom is 0.0307 e. The Morgan fingerprint density at radius 2 is 1.45 bits per heavy atom. The number of rotatable bonds is 6. The standard InChI is InChI=1S/C10H21Cl/c1-9(2)7-5-4-6-8-10(3)11/h9-10H,4-8H2,1-3H3. The molecule has 0 N–H and O–H groups in total. The molecule has 1 unspecified atom stereocenters. The van der Waals surface area contributed by atoms with Crippen molar-refractivity contribution in [2.75, 3.05) is 0 Å². The zero-order valence-corrected chi connectivity index (χ0v) is 8.82. The lowest BCUT2D eigenvalue weighted by Gasteiger charge is -2.04. The number of hydrogen-bond acceptors (Lipinski definition) is 0. The molecule has 0 aromatic heterocycles. The summed E-state index contributed by atoms with van der Waals surface area (Å²) in [6, 6.07) is 0. The van der Waals surface area contributed by atoms with Crippen LogP contribution < -0.4 is 0 Å². The normalized spacial score (nSPS) is 13.9. The maximum atomic E-state index is 5.82. The second kappa shape index (κ2) is 6.97. The van der Waals surface area contributed by atoms with Gasteiger partial charge in [-0.05, 0) is 19.3 Å². The molecule has 0 saturated heterocycles. The highest BCUT2D eigenvalue weighted by molar-refractivity contribution is 6.20. The van der Waals surface area contributed by atoms with Gasteiger partial charge in [-0.3, -0.25) is 0 Å². The number of alkyl halides is 1. The van der Waals surface area contributed by atoms with Crippen molar-refractivity contribution >= 4 is 11.6 Å². The lowest BCUT2D eigenvalue weighted by atomic mass is 10.0. The highest BCUT2D eigenvalue weighted by atomic mass is 35.5. The molecule has 0 aliphatic rings. The molecular weight excluding hydrogens is 156 g/mol. The first-order valence-electron chi connectivity index (χ1n) is 4.77. The van der Waals surface area contributed by atoms with Crippen LogP contribution >= 0.6 is 11.6 Å². The topological polar surface area (TPSA) is 0 Å². The van der Waals surface area contributed by atoms with Crippen molar-refractivity contribution in [1.29, 1.82) is 0 Å². The van der Waals surface area contributed by atoms with E-state index in [9.17, 15) is 0 Å². The summed E-state index contributed by atoms with van der Waals surface area (Å²) in [5.41, 5.74) is 0. The molecule has 0 amide bonds. The molecule has 0 nitrogen and oxygen atoms in total. The van der Waals surface area contributed by atoms with Gasteiger partial charge >= 0.3 is 0 Å². The average Bonchev–Trinajstić information content (AvgIpc) is 1.85. The monoisotopic (exact) mass is 176 g/mol. The van der Waals surface area contributed by atoms with Gasteiger partial charge in [0.2, 0.25) is 0 Å². The number of halogens is 1. The van der Waals surface area contributed by atoms with Crippen LogP contribution in [0.4, 0.5) is 0 Å². The van der Waals surface area contributed by atoms with Crippen molar-refractivity contribution in [3.8, 4) is 0 Å². The molecule has 0 aromatic carbocycles. The Balaban J connectivity index is 2.91. The van der Waals surface area contributed by atoms with Crippen LogP contribution in [0.5, 0.6) is 0 Å². The second-order valence-electron chi connectivity index (χ2n) is 3.81. The molecule has 1 atom stereocenters. The van der Waals surface area contributed by atoms with Gasteiger partial charge in [0.25, 0.3) is 0 Å². The molecule has 68 valence electrons. The first kappa shape index (κ1) is 11.3. The van der Waals surface area contributed by atoms with Crippen molar-refractivity contribution < 1.29 is 0 Å². The van der Waals surface area contributed by atoms with Gasteiger partial charge in [0, 0.05) is 5.38 Å². The van der Waals surface area contributed by atoms with Crippen LogP contribution in [0.15, 0.2) is 0 Å². The van der Waals surface area contributed by atoms with Gasteiger partial charge in [-0.1, -0.05) is 39.5 Å². The zero-order valence-electron chi connectivity index (χ0n) is 8.07. The fourth-order valence-electron chi connectivity index (χ4n) is 1.15. The van der Waals surface area contributed by atoms with Gasteiger partial charge in [-0.25, -0.2) is 0 Å². The van der Waals surface area contributed by atoms with Gasteiger partial charge in [0.05, 0.1) is 0 Å². The molecule has 0 aromatic rings. The SMILES string of the molecule is CC(C)CCCCCC(C)Cl. The lowest BCUT2D eigenvalue weighted by molar-refractivity contribution is 0.519. The van der Waals surface area contributed by atoms with Gasteiger partial charge in [-0.15, -0.1) is 11.6 Å². The Bertz CT molecular complexity index is 66.9. The summed E-state index contributed by atoms with van der Waals surface area (Å²) in [7, 11) is 0. The van der Waals surface area contributed by atoms with E-state index in [1.807, 2.05) is 0 Å². The van der Waals surface area contributed by atoms with Gasteiger partial charge < -0.3 is 0 Å². The summed E-state index contributed by atoms with van der Waals surface area (Å²) < 4.78 is 0. The summed E-state index contributed by atoms with van der Waals surface area (Å²) in [6.07, 6.45) is 6.59. The number of unbranched alkanes of at least 4 members (excludes halogenated alkanes) is 2. The molecule has 0 spiro atoms. The first-order chi connectivity index (χ1) is 5.13. The Kier molecular flexibility index (Phi) is 7.15. The zero-order chi connectivity index (χ0) is 8.69. The Morgan fingerprint density at radius 3 is 1.91 bits per heavy atom. The van der Waals surface area contributed by atoms with Crippen LogP contribution in [-0.4, -0.2) is 5.38 Å². The van der Waals surface area contributed by atoms with E-state index >= 15 is 0 Å². The van der Waals surface area contributed by atoms with E-state index in [0.717, 1.165) is 5.92 Å².